The van der Waals surface area contributed by atoms with Crippen molar-refractivity contribution in [2.45, 2.75) is 25.8 Å². The molecule has 32 heavy (non-hydrogen) atoms. The molecule has 174 valence electrons. The van der Waals surface area contributed by atoms with E-state index in [9.17, 15) is 26.0 Å². The Hall–Kier alpha value is -2.65. The summed E-state index contributed by atoms with van der Waals surface area (Å²) in [6.07, 6.45) is -0.606. The van der Waals surface area contributed by atoms with E-state index in [-0.39, 0.29) is 34.7 Å². The van der Waals surface area contributed by atoms with Gasteiger partial charge in [-0.25, -0.2) is 31.5 Å². The van der Waals surface area contributed by atoms with Gasteiger partial charge >= 0.3 is 6.43 Å². The second-order valence-corrected chi connectivity index (χ2v) is 9.60. The molecular formula is C17H17F4N5O4S2. The van der Waals surface area contributed by atoms with Gasteiger partial charge in [0.25, 0.3) is 17.7 Å². The van der Waals surface area contributed by atoms with Crippen molar-refractivity contribution >= 4 is 27.2 Å². The third-order valence-corrected chi connectivity index (χ3v) is 6.70. The molecule has 0 aromatic carbocycles. The maximum Gasteiger partial charge on any atom is 0.314 e. The van der Waals surface area contributed by atoms with Crippen molar-refractivity contribution in [3.05, 3.63) is 41.0 Å². The summed E-state index contributed by atoms with van der Waals surface area (Å²) in [6.45, 7) is 0.198. The van der Waals surface area contributed by atoms with Crippen molar-refractivity contribution < 1.29 is 35.1 Å². The first kappa shape index (κ1) is 24.0. The summed E-state index contributed by atoms with van der Waals surface area (Å²) in [5, 5.41) is 6.96. The zero-order chi connectivity index (χ0) is 23.5. The smallest absolute Gasteiger partial charge is 0.314 e. The maximum absolute atomic E-state index is 13.8. The van der Waals surface area contributed by atoms with Crippen LogP contribution in [-0.4, -0.2) is 48.1 Å². The SMILES string of the molecule is COCCS(=O)(=O)N(Cc1ncc(-c2nnc(C(F)F)o2)s1)c1cc(C(C)(F)F)ccn1. The summed E-state index contributed by atoms with van der Waals surface area (Å²) in [5.41, 5.74) is -0.417. The Morgan fingerprint density at radius 1 is 1.28 bits per heavy atom. The van der Waals surface area contributed by atoms with E-state index < -0.39 is 39.6 Å². The fourth-order valence-electron chi connectivity index (χ4n) is 2.48. The van der Waals surface area contributed by atoms with E-state index in [0.29, 0.717) is 6.92 Å². The molecule has 0 amide bonds. The van der Waals surface area contributed by atoms with Crippen LogP contribution in [0.4, 0.5) is 23.4 Å². The molecular weight excluding hydrogens is 478 g/mol. The van der Waals surface area contributed by atoms with Crippen LogP contribution in [0.25, 0.3) is 10.8 Å². The number of alkyl halides is 4. The molecule has 0 bridgehead atoms. The topological polar surface area (TPSA) is 111 Å². The molecule has 0 spiro atoms. The highest BCUT2D eigenvalue weighted by atomic mass is 32.2. The fraction of sp³-hybridized carbons (Fsp3) is 0.412. The van der Waals surface area contributed by atoms with Crippen LogP contribution in [0.5, 0.6) is 0 Å². The lowest BCUT2D eigenvalue weighted by atomic mass is 10.1. The Bertz CT molecular complexity index is 1160. The second kappa shape index (κ2) is 9.46. The molecule has 0 fully saturated rings. The Labute approximate surface area is 184 Å². The van der Waals surface area contributed by atoms with Gasteiger partial charge in [0, 0.05) is 25.8 Å². The van der Waals surface area contributed by atoms with Crippen molar-refractivity contribution in [1.29, 1.82) is 0 Å². The minimum Gasteiger partial charge on any atom is -0.414 e. The number of sulfonamides is 1. The Morgan fingerprint density at radius 3 is 2.66 bits per heavy atom. The fourth-order valence-corrected chi connectivity index (χ4v) is 4.69. The first-order valence-corrected chi connectivity index (χ1v) is 11.3. The van der Waals surface area contributed by atoms with Gasteiger partial charge in [0.2, 0.25) is 10.0 Å². The van der Waals surface area contributed by atoms with Crippen molar-refractivity contribution in [2.75, 3.05) is 23.8 Å². The van der Waals surface area contributed by atoms with E-state index in [2.05, 4.69) is 20.2 Å². The Kier molecular flexibility index (Phi) is 7.09. The van der Waals surface area contributed by atoms with E-state index >= 15 is 0 Å². The summed E-state index contributed by atoms with van der Waals surface area (Å²) in [6, 6.07) is 2.06. The van der Waals surface area contributed by atoms with Gasteiger partial charge < -0.3 is 9.15 Å². The predicted octanol–water partition coefficient (Wildman–Crippen LogP) is 3.62. The molecule has 9 nitrogen and oxygen atoms in total. The van der Waals surface area contributed by atoms with E-state index in [1.54, 1.807) is 0 Å². The Balaban J connectivity index is 1.94. The van der Waals surface area contributed by atoms with Gasteiger partial charge in [-0.3, -0.25) is 0 Å². The molecule has 0 saturated heterocycles. The van der Waals surface area contributed by atoms with E-state index in [4.69, 9.17) is 9.15 Å². The van der Waals surface area contributed by atoms with Crippen LogP contribution in [0.1, 0.15) is 29.8 Å². The molecule has 0 aliphatic heterocycles. The number of aromatic nitrogens is 4. The van der Waals surface area contributed by atoms with Crippen molar-refractivity contribution in [3.8, 4) is 10.8 Å². The van der Waals surface area contributed by atoms with Crippen LogP contribution >= 0.6 is 11.3 Å². The molecule has 0 unspecified atom stereocenters. The lowest BCUT2D eigenvalue weighted by molar-refractivity contribution is 0.0174. The largest absolute Gasteiger partial charge is 0.414 e. The molecule has 3 aromatic rings. The molecule has 0 radical (unpaired) electrons. The zero-order valence-corrected chi connectivity index (χ0v) is 18.3. The predicted molar refractivity (Wildman–Crippen MR) is 106 cm³/mol. The van der Waals surface area contributed by atoms with E-state index in [1.165, 1.54) is 13.3 Å². The summed E-state index contributed by atoms with van der Waals surface area (Å²) >= 11 is 0.918. The summed E-state index contributed by atoms with van der Waals surface area (Å²) < 4.78 is 89.1. The number of hydrogen-bond donors (Lipinski definition) is 0. The average molecular weight is 495 g/mol. The van der Waals surface area contributed by atoms with Gasteiger partial charge in [-0.15, -0.1) is 21.5 Å². The third-order valence-electron chi connectivity index (χ3n) is 4.06. The molecule has 0 atom stereocenters. The molecule has 0 aliphatic rings. The minimum atomic E-state index is -4.04. The van der Waals surface area contributed by atoms with Crippen LogP contribution in [0.2, 0.25) is 0 Å². The first-order chi connectivity index (χ1) is 15.0. The van der Waals surface area contributed by atoms with Gasteiger partial charge in [0.15, 0.2) is 0 Å². The number of anilines is 1. The molecule has 0 aliphatic carbocycles. The van der Waals surface area contributed by atoms with Gasteiger partial charge in [0.05, 0.1) is 25.1 Å². The van der Waals surface area contributed by atoms with Gasteiger partial charge in [-0.1, -0.05) is 0 Å². The quantitative estimate of drug-likeness (QED) is 0.392. The lowest BCUT2D eigenvalue weighted by Crippen LogP contribution is -2.34. The van der Waals surface area contributed by atoms with Crippen LogP contribution in [0.15, 0.2) is 28.9 Å². The first-order valence-electron chi connectivity index (χ1n) is 8.91. The Morgan fingerprint density at radius 2 is 2.03 bits per heavy atom. The van der Waals surface area contributed by atoms with Crippen LogP contribution in [0, 0.1) is 0 Å². The van der Waals surface area contributed by atoms with Gasteiger partial charge in [0.1, 0.15) is 15.7 Å². The average Bonchev–Trinajstić information content (AvgIpc) is 3.39. The monoisotopic (exact) mass is 495 g/mol. The zero-order valence-electron chi connectivity index (χ0n) is 16.7. The highest BCUT2D eigenvalue weighted by Gasteiger charge is 2.29. The highest BCUT2D eigenvalue weighted by Crippen LogP contribution is 2.32. The van der Waals surface area contributed by atoms with Gasteiger partial charge in [-0.05, 0) is 12.1 Å². The number of methoxy groups -OCH3 is 1. The highest BCUT2D eigenvalue weighted by molar-refractivity contribution is 7.92. The van der Waals surface area contributed by atoms with Crippen LogP contribution < -0.4 is 4.31 Å². The lowest BCUT2D eigenvalue weighted by Gasteiger charge is -2.23. The third kappa shape index (κ3) is 5.58. The molecule has 3 rings (SSSR count). The number of rotatable bonds is 10. The molecule has 3 heterocycles. The van der Waals surface area contributed by atoms with Crippen molar-refractivity contribution in [3.63, 3.8) is 0 Å². The van der Waals surface area contributed by atoms with Gasteiger partial charge in [-0.2, -0.15) is 8.78 Å². The summed E-state index contributed by atoms with van der Waals surface area (Å²) in [5.74, 6) is -4.94. The van der Waals surface area contributed by atoms with Crippen molar-refractivity contribution in [2.24, 2.45) is 0 Å². The van der Waals surface area contributed by atoms with Crippen molar-refractivity contribution in [1.82, 2.24) is 20.2 Å². The van der Waals surface area contributed by atoms with Crippen LogP contribution in [0.3, 0.4) is 0 Å². The molecule has 3 aromatic heterocycles. The van der Waals surface area contributed by atoms with E-state index in [1.807, 2.05) is 0 Å². The van der Waals surface area contributed by atoms with E-state index in [0.717, 1.165) is 34.0 Å². The summed E-state index contributed by atoms with van der Waals surface area (Å²) in [4.78, 5) is 8.24. The minimum absolute atomic E-state index is 0.135. The maximum atomic E-state index is 13.8. The molecule has 0 saturated carbocycles. The number of halogens is 4. The number of thiazole rings is 1. The molecule has 0 N–H and O–H groups in total. The number of nitrogens with zero attached hydrogens (tertiary/aromatic N) is 5. The standard InChI is InChI=1S/C17H17F4N5O4S2/c1-17(20,21)10-3-4-22-12(7-10)26(32(27,28)6-5-29-2)9-13-23-8-11(31-13)15-24-25-16(30-15)14(18)19/h3-4,7-8,14H,5-6,9H2,1-2H3. The summed E-state index contributed by atoms with van der Waals surface area (Å²) in [7, 11) is -2.72. The number of ether oxygens (including phenoxy) is 1. The number of hydrogen-bond acceptors (Lipinski definition) is 9. The second-order valence-electron chi connectivity index (χ2n) is 6.47. The molecule has 15 heteroatoms. The number of pyridine rings is 1. The normalized spacial score (nSPS) is 12.5. The van der Waals surface area contributed by atoms with Crippen LogP contribution in [-0.2, 0) is 27.2 Å².